The molecule has 3 heterocycles. The number of fused-ring (bicyclic) bond motifs is 1. The summed E-state index contributed by atoms with van der Waals surface area (Å²) in [5.74, 6) is 1.22. The maximum Gasteiger partial charge on any atom is 0.249 e. The summed E-state index contributed by atoms with van der Waals surface area (Å²) in [7, 11) is 1.72. The molecular formula is C16H24N2O4. The lowest BCUT2D eigenvalue weighted by Gasteiger charge is -2.33. The van der Waals surface area contributed by atoms with Crippen molar-refractivity contribution in [2.24, 2.45) is 5.92 Å². The van der Waals surface area contributed by atoms with Gasteiger partial charge in [-0.1, -0.05) is 0 Å². The zero-order chi connectivity index (χ0) is 15.4. The summed E-state index contributed by atoms with van der Waals surface area (Å²) in [5, 5.41) is 2.89. The molecule has 1 amide bonds. The van der Waals surface area contributed by atoms with Crippen LogP contribution in [0.1, 0.15) is 18.6 Å². The number of amides is 1. The molecule has 0 spiro atoms. The van der Waals surface area contributed by atoms with E-state index in [-0.39, 0.29) is 18.1 Å². The van der Waals surface area contributed by atoms with Crippen molar-refractivity contribution in [3.63, 3.8) is 0 Å². The quantitative estimate of drug-likeness (QED) is 0.850. The van der Waals surface area contributed by atoms with E-state index in [1.165, 1.54) is 0 Å². The fourth-order valence-electron chi connectivity index (χ4n) is 3.29. The van der Waals surface area contributed by atoms with Gasteiger partial charge in [0.2, 0.25) is 5.91 Å². The van der Waals surface area contributed by atoms with Gasteiger partial charge < -0.3 is 19.2 Å². The molecule has 0 radical (unpaired) electrons. The number of ether oxygens (including phenoxy) is 2. The van der Waals surface area contributed by atoms with Crippen LogP contribution in [0.15, 0.2) is 22.8 Å². The Balaban J connectivity index is 1.46. The lowest BCUT2D eigenvalue weighted by Crippen LogP contribution is -2.43. The van der Waals surface area contributed by atoms with E-state index in [2.05, 4.69) is 10.2 Å². The van der Waals surface area contributed by atoms with Crippen molar-refractivity contribution in [3.8, 4) is 0 Å². The summed E-state index contributed by atoms with van der Waals surface area (Å²) in [6.45, 7) is 4.05. The van der Waals surface area contributed by atoms with E-state index < -0.39 is 0 Å². The van der Waals surface area contributed by atoms with Crippen molar-refractivity contribution < 1.29 is 18.7 Å². The zero-order valence-corrected chi connectivity index (χ0v) is 13.0. The first-order chi connectivity index (χ1) is 10.8. The van der Waals surface area contributed by atoms with Crippen molar-refractivity contribution in [2.45, 2.75) is 31.6 Å². The Morgan fingerprint density at radius 3 is 3.23 bits per heavy atom. The van der Waals surface area contributed by atoms with Gasteiger partial charge in [0.1, 0.15) is 11.9 Å². The first-order valence-corrected chi connectivity index (χ1v) is 7.93. The number of piperidine rings is 1. The first-order valence-electron chi connectivity index (χ1n) is 7.93. The molecule has 0 unspecified atom stereocenters. The topological polar surface area (TPSA) is 63.9 Å². The van der Waals surface area contributed by atoms with Crippen LogP contribution in [0.3, 0.4) is 0 Å². The Morgan fingerprint density at radius 2 is 2.45 bits per heavy atom. The van der Waals surface area contributed by atoms with Gasteiger partial charge in [-0.2, -0.15) is 0 Å². The minimum Gasteiger partial charge on any atom is -0.467 e. The number of nitrogens with zero attached hydrogens (tertiary/aromatic N) is 1. The second-order valence-electron chi connectivity index (χ2n) is 6.04. The van der Waals surface area contributed by atoms with Crippen LogP contribution in [0.2, 0.25) is 0 Å². The van der Waals surface area contributed by atoms with Gasteiger partial charge in [0.25, 0.3) is 0 Å². The average molecular weight is 308 g/mol. The third-order valence-corrected chi connectivity index (χ3v) is 4.56. The van der Waals surface area contributed by atoms with Crippen molar-refractivity contribution in [1.82, 2.24) is 10.2 Å². The molecule has 3 atom stereocenters. The highest BCUT2D eigenvalue weighted by atomic mass is 16.5. The number of hydrogen-bond acceptors (Lipinski definition) is 5. The van der Waals surface area contributed by atoms with Gasteiger partial charge in [0.05, 0.1) is 25.5 Å². The van der Waals surface area contributed by atoms with E-state index in [1.54, 1.807) is 13.4 Å². The minimum atomic E-state index is -0.327. The van der Waals surface area contributed by atoms with E-state index in [0.717, 1.165) is 44.8 Å². The Hall–Kier alpha value is -1.37. The van der Waals surface area contributed by atoms with Crippen LogP contribution in [-0.2, 0) is 20.8 Å². The minimum absolute atomic E-state index is 0.0331. The number of furan rings is 1. The number of hydrogen-bond donors (Lipinski definition) is 1. The maximum atomic E-state index is 12.2. The molecule has 1 aromatic heterocycles. The van der Waals surface area contributed by atoms with E-state index in [4.69, 9.17) is 13.9 Å². The van der Waals surface area contributed by atoms with Crippen molar-refractivity contribution in [3.05, 3.63) is 24.2 Å². The predicted molar refractivity (Wildman–Crippen MR) is 80.3 cm³/mol. The molecule has 0 bridgehead atoms. The predicted octanol–water partition coefficient (Wildman–Crippen LogP) is 1.02. The fraction of sp³-hybridized carbons (Fsp3) is 0.688. The van der Waals surface area contributed by atoms with Gasteiger partial charge in [-0.25, -0.2) is 0 Å². The highest BCUT2D eigenvalue weighted by Crippen LogP contribution is 2.33. The molecule has 2 aliphatic heterocycles. The Kier molecular flexibility index (Phi) is 5.12. The van der Waals surface area contributed by atoms with Gasteiger partial charge in [-0.15, -0.1) is 0 Å². The highest BCUT2D eigenvalue weighted by molar-refractivity contribution is 5.81. The van der Waals surface area contributed by atoms with Crippen LogP contribution >= 0.6 is 0 Å². The molecule has 22 heavy (non-hydrogen) atoms. The van der Waals surface area contributed by atoms with E-state index in [1.807, 2.05) is 12.1 Å². The fourth-order valence-corrected chi connectivity index (χ4v) is 3.29. The third kappa shape index (κ3) is 3.69. The molecule has 1 N–H and O–H groups in total. The molecule has 6 heteroatoms. The van der Waals surface area contributed by atoms with Gasteiger partial charge in [0.15, 0.2) is 0 Å². The second-order valence-corrected chi connectivity index (χ2v) is 6.04. The molecule has 2 saturated heterocycles. The van der Waals surface area contributed by atoms with Crippen molar-refractivity contribution >= 4 is 5.91 Å². The Morgan fingerprint density at radius 1 is 1.55 bits per heavy atom. The number of carbonyl (C=O) groups is 1. The molecule has 122 valence electrons. The second kappa shape index (κ2) is 7.26. The summed E-state index contributed by atoms with van der Waals surface area (Å²) in [6, 6.07) is 3.67. The lowest BCUT2D eigenvalue weighted by molar-refractivity contribution is -0.133. The smallest absolute Gasteiger partial charge is 0.249 e. The van der Waals surface area contributed by atoms with Crippen LogP contribution in [-0.4, -0.2) is 56.4 Å². The Bertz CT molecular complexity index is 477. The van der Waals surface area contributed by atoms with Crippen LogP contribution in [0.25, 0.3) is 0 Å². The first kappa shape index (κ1) is 15.5. The molecule has 1 aromatic rings. The third-order valence-electron chi connectivity index (χ3n) is 4.56. The molecule has 6 nitrogen and oxygen atoms in total. The standard InChI is InChI=1S/C16H24N2O4/c1-20-8-6-18-5-4-12-9-14(22-15(12)11-18)16(19)17-10-13-3-2-7-21-13/h2-3,7,12,14-15H,4-6,8-11H2,1H3,(H,17,19)/t12-,14-,15+/m1/s1. The number of methoxy groups -OCH3 is 1. The van der Waals surface area contributed by atoms with Gasteiger partial charge in [0, 0.05) is 20.2 Å². The van der Waals surface area contributed by atoms with E-state index >= 15 is 0 Å². The van der Waals surface area contributed by atoms with Crippen LogP contribution in [0.5, 0.6) is 0 Å². The summed E-state index contributed by atoms with van der Waals surface area (Å²) in [6.07, 6.45) is 3.37. The Labute approximate surface area is 130 Å². The summed E-state index contributed by atoms with van der Waals surface area (Å²) >= 11 is 0. The summed E-state index contributed by atoms with van der Waals surface area (Å²) < 4.78 is 16.3. The number of likely N-dealkylation sites (tertiary alicyclic amines) is 1. The monoisotopic (exact) mass is 308 g/mol. The van der Waals surface area contributed by atoms with Gasteiger partial charge in [-0.3, -0.25) is 9.69 Å². The zero-order valence-electron chi connectivity index (χ0n) is 13.0. The lowest BCUT2D eigenvalue weighted by atomic mass is 9.91. The maximum absolute atomic E-state index is 12.2. The molecule has 0 aliphatic carbocycles. The molecule has 0 aromatic carbocycles. The van der Waals surface area contributed by atoms with Gasteiger partial charge in [-0.05, 0) is 37.4 Å². The van der Waals surface area contributed by atoms with E-state index in [9.17, 15) is 4.79 Å². The molecule has 3 rings (SSSR count). The van der Waals surface area contributed by atoms with Crippen molar-refractivity contribution in [2.75, 3.05) is 33.4 Å². The normalized spacial score (nSPS) is 28.5. The largest absolute Gasteiger partial charge is 0.467 e. The SMILES string of the molecule is COCCN1CC[C@@H]2C[C@H](C(=O)NCc3ccco3)O[C@H]2C1. The highest BCUT2D eigenvalue weighted by Gasteiger charge is 2.41. The molecular weight excluding hydrogens is 284 g/mol. The number of carbonyl (C=O) groups excluding carboxylic acids is 1. The van der Waals surface area contributed by atoms with Gasteiger partial charge >= 0.3 is 0 Å². The molecule has 2 fully saturated rings. The number of nitrogens with one attached hydrogen (secondary N) is 1. The molecule has 0 saturated carbocycles. The summed E-state index contributed by atoms with van der Waals surface area (Å²) in [5.41, 5.74) is 0. The van der Waals surface area contributed by atoms with Crippen LogP contribution in [0.4, 0.5) is 0 Å². The summed E-state index contributed by atoms with van der Waals surface area (Å²) in [4.78, 5) is 14.6. The van der Waals surface area contributed by atoms with Crippen LogP contribution in [0, 0.1) is 5.92 Å². The van der Waals surface area contributed by atoms with Crippen LogP contribution < -0.4 is 5.32 Å². The van der Waals surface area contributed by atoms with E-state index in [0.29, 0.717) is 12.5 Å². The number of rotatable bonds is 6. The average Bonchev–Trinajstić information content (AvgIpc) is 3.19. The van der Waals surface area contributed by atoms with Crippen molar-refractivity contribution in [1.29, 1.82) is 0 Å². The molecule has 2 aliphatic rings.